The van der Waals surface area contributed by atoms with E-state index in [1.165, 1.54) is 0 Å². The van der Waals surface area contributed by atoms with Crippen LogP contribution in [0.1, 0.15) is 5.56 Å². The van der Waals surface area contributed by atoms with Gasteiger partial charge in [-0.25, -0.2) is 4.79 Å². The van der Waals surface area contributed by atoms with Crippen molar-refractivity contribution in [1.29, 1.82) is 0 Å². The number of aliphatic carboxylic acids is 1. The highest BCUT2D eigenvalue weighted by atomic mass is 19.4. The summed E-state index contributed by atoms with van der Waals surface area (Å²) in [5.74, 6) is -5.34. The molecule has 1 rings (SSSR count). The number of carbonyl (C=O) groups is 5. The maximum Gasteiger partial charge on any atom is 0.425 e. The average molecular weight is 491 g/mol. The molecule has 0 bridgehead atoms. The standard InChI is InChI=1S/C19H24F3N5O7/c20-19(21,22)16(18(32)33)34-10-26-14(29)8-25-17(31)12(6-11-4-2-1-3-5-11)27-15(30)9-24-13(28)7-23/h1-5,12,16H,6-10,23H2,(H,24,28)(H,25,31)(H,26,29)(H,27,30)(H,32,33)/t12-,16?/m0/s1. The minimum absolute atomic E-state index is 0.0276. The summed E-state index contributed by atoms with van der Waals surface area (Å²) in [6, 6.07) is 7.35. The molecule has 1 aromatic rings. The van der Waals surface area contributed by atoms with E-state index < -0.39 is 67.7 Å². The van der Waals surface area contributed by atoms with Crippen LogP contribution < -0.4 is 27.0 Å². The minimum Gasteiger partial charge on any atom is -0.479 e. The normalized spacial score (nSPS) is 12.7. The summed E-state index contributed by atoms with van der Waals surface area (Å²) < 4.78 is 41.6. The molecule has 0 aromatic heterocycles. The molecule has 4 amide bonds. The number of carboxylic acids is 1. The highest BCUT2D eigenvalue weighted by molar-refractivity contribution is 5.92. The lowest BCUT2D eigenvalue weighted by Crippen LogP contribution is -2.52. The first kappa shape index (κ1) is 28.3. The molecular weight excluding hydrogens is 467 g/mol. The summed E-state index contributed by atoms with van der Waals surface area (Å²) >= 11 is 0. The lowest BCUT2D eigenvalue weighted by molar-refractivity contribution is -0.228. The molecule has 0 aliphatic rings. The zero-order chi connectivity index (χ0) is 25.7. The molecule has 34 heavy (non-hydrogen) atoms. The summed E-state index contributed by atoms with van der Waals surface area (Å²) in [4.78, 5) is 58.1. The molecule has 0 spiro atoms. The molecule has 0 aliphatic carbocycles. The smallest absolute Gasteiger partial charge is 0.425 e. The SMILES string of the molecule is NCC(=O)NCC(=O)N[C@@H](Cc1ccccc1)C(=O)NCC(=O)NCOC(C(=O)O)C(F)(F)F. The van der Waals surface area contributed by atoms with E-state index in [9.17, 15) is 37.1 Å². The maximum atomic E-state index is 12.5. The van der Waals surface area contributed by atoms with Gasteiger partial charge >= 0.3 is 12.1 Å². The highest BCUT2D eigenvalue weighted by Gasteiger charge is 2.46. The molecule has 188 valence electrons. The summed E-state index contributed by atoms with van der Waals surface area (Å²) in [6.07, 6.45) is -8.29. The molecule has 0 radical (unpaired) electrons. The molecule has 0 saturated heterocycles. The van der Waals surface area contributed by atoms with Crippen molar-refractivity contribution in [2.24, 2.45) is 5.73 Å². The van der Waals surface area contributed by atoms with Gasteiger partial charge in [0.1, 0.15) is 12.8 Å². The molecule has 12 nitrogen and oxygen atoms in total. The van der Waals surface area contributed by atoms with Gasteiger partial charge in [-0.05, 0) is 5.56 Å². The lowest BCUT2D eigenvalue weighted by atomic mass is 10.1. The fourth-order valence-electron chi connectivity index (χ4n) is 2.42. The van der Waals surface area contributed by atoms with Crippen LogP contribution >= 0.6 is 0 Å². The molecule has 0 saturated carbocycles. The number of hydrogen-bond donors (Lipinski definition) is 6. The second-order valence-electron chi connectivity index (χ2n) is 6.68. The van der Waals surface area contributed by atoms with Crippen molar-refractivity contribution in [3.63, 3.8) is 0 Å². The van der Waals surface area contributed by atoms with E-state index in [1.54, 1.807) is 30.3 Å². The second kappa shape index (κ2) is 13.7. The highest BCUT2D eigenvalue weighted by Crippen LogP contribution is 2.22. The molecule has 1 unspecified atom stereocenters. The van der Waals surface area contributed by atoms with Crippen molar-refractivity contribution in [2.45, 2.75) is 24.7 Å². The largest absolute Gasteiger partial charge is 0.479 e. The molecule has 0 aliphatic heterocycles. The van der Waals surface area contributed by atoms with Gasteiger partial charge in [0, 0.05) is 6.42 Å². The summed E-state index contributed by atoms with van der Waals surface area (Å²) in [6.45, 7) is -2.56. The van der Waals surface area contributed by atoms with Crippen LogP contribution in [0.5, 0.6) is 0 Å². The third-order valence-corrected chi connectivity index (χ3v) is 4.03. The van der Waals surface area contributed by atoms with Gasteiger partial charge in [0.15, 0.2) is 0 Å². The van der Waals surface area contributed by atoms with E-state index in [2.05, 4.69) is 20.7 Å². The molecule has 0 heterocycles. The monoisotopic (exact) mass is 491 g/mol. The van der Waals surface area contributed by atoms with Crippen LogP contribution in [-0.2, 0) is 35.1 Å². The topological polar surface area (TPSA) is 189 Å². The molecule has 15 heteroatoms. The molecule has 1 aromatic carbocycles. The van der Waals surface area contributed by atoms with Gasteiger partial charge in [0.25, 0.3) is 6.10 Å². The Hall–Kier alpha value is -3.72. The van der Waals surface area contributed by atoms with Crippen molar-refractivity contribution in [3.8, 4) is 0 Å². The molecule has 7 N–H and O–H groups in total. The quantitative estimate of drug-likeness (QED) is 0.171. The van der Waals surface area contributed by atoms with E-state index in [0.29, 0.717) is 5.56 Å². The Morgan fingerprint density at radius 3 is 2.12 bits per heavy atom. The maximum absolute atomic E-state index is 12.5. The van der Waals surface area contributed by atoms with Crippen molar-refractivity contribution < 1.29 is 47.0 Å². The Morgan fingerprint density at radius 1 is 0.941 bits per heavy atom. The van der Waals surface area contributed by atoms with Gasteiger partial charge in [0.2, 0.25) is 23.6 Å². The number of alkyl halides is 3. The first-order chi connectivity index (χ1) is 15.9. The van der Waals surface area contributed by atoms with Gasteiger partial charge in [-0.2, -0.15) is 13.2 Å². The Morgan fingerprint density at radius 2 is 1.56 bits per heavy atom. The van der Waals surface area contributed by atoms with Crippen LogP contribution in [0.15, 0.2) is 30.3 Å². The third kappa shape index (κ3) is 10.7. The number of hydrogen-bond acceptors (Lipinski definition) is 7. The Bertz CT molecular complexity index is 868. The third-order valence-electron chi connectivity index (χ3n) is 4.03. The van der Waals surface area contributed by atoms with Gasteiger partial charge in [0.05, 0.1) is 19.6 Å². The first-order valence-electron chi connectivity index (χ1n) is 9.69. The number of nitrogens with one attached hydrogen (secondary N) is 4. The lowest BCUT2D eigenvalue weighted by Gasteiger charge is -2.19. The van der Waals surface area contributed by atoms with Gasteiger partial charge < -0.3 is 36.8 Å². The number of amides is 4. The summed E-state index contributed by atoms with van der Waals surface area (Å²) in [7, 11) is 0. The minimum atomic E-state index is -5.18. The number of rotatable bonds is 13. The Balaban J connectivity index is 2.63. The van der Waals surface area contributed by atoms with Crippen LogP contribution in [0.2, 0.25) is 0 Å². The van der Waals surface area contributed by atoms with Crippen LogP contribution in [0.25, 0.3) is 0 Å². The fourth-order valence-corrected chi connectivity index (χ4v) is 2.42. The summed E-state index contributed by atoms with van der Waals surface area (Å²) in [5.41, 5.74) is 5.79. The Labute approximate surface area is 191 Å². The molecular formula is C19H24F3N5O7. The van der Waals surface area contributed by atoms with E-state index >= 15 is 0 Å². The van der Waals surface area contributed by atoms with E-state index in [-0.39, 0.29) is 13.0 Å². The number of carboxylic acid groups (broad SMARTS) is 1. The number of ether oxygens (including phenoxy) is 1. The van der Waals surface area contributed by atoms with E-state index in [0.717, 1.165) is 0 Å². The number of benzene rings is 1. The second-order valence-corrected chi connectivity index (χ2v) is 6.68. The van der Waals surface area contributed by atoms with Crippen molar-refractivity contribution in [2.75, 3.05) is 26.4 Å². The van der Waals surface area contributed by atoms with Crippen LogP contribution in [0, 0.1) is 0 Å². The predicted octanol–water partition coefficient (Wildman–Crippen LogP) is -1.99. The zero-order valence-electron chi connectivity index (χ0n) is 17.7. The van der Waals surface area contributed by atoms with Gasteiger partial charge in [-0.3, -0.25) is 19.2 Å². The summed E-state index contributed by atoms with van der Waals surface area (Å²) in [5, 5.41) is 17.2. The predicted molar refractivity (Wildman–Crippen MR) is 109 cm³/mol. The zero-order valence-corrected chi connectivity index (χ0v) is 17.7. The first-order valence-corrected chi connectivity index (χ1v) is 9.69. The van der Waals surface area contributed by atoms with E-state index in [1.807, 2.05) is 5.32 Å². The van der Waals surface area contributed by atoms with Crippen molar-refractivity contribution >= 4 is 29.6 Å². The van der Waals surface area contributed by atoms with Crippen molar-refractivity contribution in [1.82, 2.24) is 21.3 Å². The van der Waals surface area contributed by atoms with E-state index in [4.69, 9.17) is 10.8 Å². The van der Waals surface area contributed by atoms with Gasteiger partial charge in [-0.15, -0.1) is 0 Å². The van der Waals surface area contributed by atoms with Crippen LogP contribution in [0.3, 0.4) is 0 Å². The number of halogens is 3. The average Bonchev–Trinajstić information content (AvgIpc) is 2.77. The van der Waals surface area contributed by atoms with Crippen LogP contribution in [0.4, 0.5) is 13.2 Å². The fraction of sp³-hybridized carbons (Fsp3) is 0.421. The van der Waals surface area contributed by atoms with Gasteiger partial charge in [-0.1, -0.05) is 30.3 Å². The molecule has 0 fully saturated rings. The number of carbonyl (C=O) groups excluding carboxylic acids is 4. The molecule has 2 atom stereocenters. The number of nitrogens with two attached hydrogens (primary N) is 1. The van der Waals surface area contributed by atoms with Crippen LogP contribution in [-0.4, -0.2) is 79.4 Å². The van der Waals surface area contributed by atoms with Crippen molar-refractivity contribution in [3.05, 3.63) is 35.9 Å². The Kier molecular flexibility index (Phi) is 11.4.